The molecular weight excluding hydrogens is 234 g/mol. The first kappa shape index (κ1) is 16.0. The third kappa shape index (κ3) is 5.23. The molecule has 0 aromatic heterocycles. The second-order valence-corrected chi connectivity index (χ2v) is 5.48. The molecule has 2 nitrogen and oxygen atoms in total. The molecule has 108 valence electrons. The van der Waals surface area contributed by atoms with Crippen molar-refractivity contribution >= 4 is 0 Å². The van der Waals surface area contributed by atoms with Crippen LogP contribution in [0.2, 0.25) is 0 Å². The maximum atomic E-state index is 5.61. The molecule has 19 heavy (non-hydrogen) atoms. The second kappa shape index (κ2) is 8.21. The van der Waals surface area contributed by atoms with Crippen molar-refractivity contribution in [3.8, 4) is 5.75 Å². The summed E-state index contributed by atoms with van der Waals surface area (Å²) in [6.45, 7) is 11.9. The third-order valence-corrected chi connectivity index (χ3v) is 3.86. The van der Waals surface area contributed by atoms with Crippen molar-refractivity contribution in [2.45, 2.75) is 59.5 Å². The molecule has 0 heterocycles. The highest BCUT2D eigenvalue weighted by Crippen LogP contribution is 2.19. The molecule has 3 atom stereocenters. The maximum Gasteiger partial charge on any atom is 0.119 e. The van der Waals surface area contributed by atoms with Crippen LogP contribution in [0.15, 0.2) is 24.3 Å². The Kier molecular flexibility index (Phi) is 6.93. The molecule has 1 rings (SSSR count). The molecule has 0 amide bonds. The van der Waals surface area contributed by atoms with E-state index in [4.69, 9.17) is 4.74 Å². The molecule has 0 spiro atoms. The first-order chi connectivity index (χ1) is 9.08. The third-order valence-electron chi connectivity index (χ3n) is 3.86. The molecule has 0 saturated heterocycles. The number of hydrogen-bond acceptors (Lipinski definition) is 2. The molecule has 1 aromatic rings. The van der Waals surface area contributed by atoms with E-state index in [-0.39, 0.29) is 0 Å². The number of rotatable bonds is 8. The minimum Gasteiger partial charge on any atom is -0.494 e. The zero-order chi connectivity index (χ0) is 14.3. The van der Waals surface area contributed by atoms with Crippen LogP contribution >= 0.6 is 0 Å². The fraction of sp³-hybridized carbons (Fsp3) is 0.647. The minimum absolute atomic E-state index is 0.379. The summed E-state index contributed by atoms with van der Waals surface area (Å²) in [5.41, 5.74) is 1.32. The van der Waals surface area contributed by atoms with Crippen LogP contribution in [-0.4, -0.2) is 12.6 Å². The highest BCUT2D eigenvalue weighted by Gasteiger charge is 2.13. The second-order valence-electron chi connectivity index (χ2n) is 5.48. The van der Waals surface area contributed by atoms with E-state index in [1.807, 2.05) is 0 Å². The molecule has 0 radical (unpaired) electrons. The Balaban J connectivity index is 2.55. The first-order valence-electron chi connectivity index (χ1n) is 7.57. The van der Waals surface area contributed by atoms with Gasteiger partial charge in [-0.2, -0.15) is 0 Å². The normalized spacial score (nSPS) is 15.8. The summed E-state index contributed by atoms with van der Waals surface area (Å²) in [4.78, 5) is 0. The molecule has 0 aliphatic carbocycles. The summed E-state index contributed by atoms with van der Waals surface area (Å²) in [6, 6.07) is 9.37. The monoisotopic (exact) mass is 263 g/mol. The predicted molar refractivity (Wildman–Crippen MR) is 82.7 cm³/mol. The molecule has 1 aromatic carbocycles. The van der Waals surface area contributed by atoms with E-state index in [2.05, 4.69) is 64.2 Å². The molecule has 0 aliphatic heterocycles. The fourth-order valence-corrected chi connectivity index (χ4v) is 2.08. The largest absolute Gasteiger partial charge is 0.494 e. The maximum absolute atomic E-state index is 5.61. The Morgan fingerprint density at radius 3 is 2.21 bits per heavy atom. The van der Waals surface area contributed by atoms with Crippen LogP contribution in [0.3, 0.4) is 0 Å². The summed E-state index contributed by atoms with van der Waals surface area (Å²) >= 11 is 0. The number of benzene rings is 1. The quantitative estimate of drug-likeness (QED) is 0.742. The lowest BCUT2D eigenvalue weighted by atomic mass is 9.99. The number of nitrogens with one attached hydrogen (secondary N) is 1. The van der Waals surface area contributed by atoms with E-state index in [1.165, 1.54) is 12.0 Å². The molecule has 2 heteroatoms. The van der Waals surface area contributed by atoms with Crippen molar-refractivity contribution in [2.75, 3.05) is 6.61 Å². The van der Waals surface area contributed by atoms with Gasteiger partial charge in [-0.25, -0.2) is 0 Å². The zero-order valence-electron chi connectivity index (χ0n) is 13.1. The molecular formula is C17H29NO. The van der Waals surface area contributed by atoms with Crippen LogP contribution < -0.4 is 10.1 Å². The van der Waals surface area contributed by atoms with Gasteiger partial charge >= 0.3 is 0 Å². The van der Waals surface area contributed by atoms with Gasteiger partial charge in [0, 0.05) is 12.1 Å². The van der Waals surface area contributed by atoms with Crippen molar-refractivity contribution in [1.82, 2.24) is 5.32 Å². The molecule has 3 unspecified atom stereocenters. The van der Waals surface area contributed by atoms with E-state index < -0.39 is 0 Å². The van der Waals surface area contributed by atoms with Crippen molar-refractivity contribution < 1.29 is 4.74 Å². The standard InChI is InChI=1S/C17H29NO/c1-6-12-19-17-10-8-16(9-11-17)15(5)18-14(4)13(3)7-2/h8-11,13-15,18H,6-7,12H2,1-5H3. The van der Waals surface area contributed by atoms with Crippen LogP contribution in [0.1, 0.15) is 59.1 Å². The Hall–Kier alpha value is -1.02. The van der Waals surface area contributed by atoms with Crippen molar-refractivity contribution in [2.24, 2.45) is 5.92 Å². The minimum atomic E-state index is 0.379. The van der Waals surface area contributed by atoms with Crippen LogP contribution in [0.25, 0.3) is 0 Å². The van der Waals surface area contributed by atoms with E-state index in [1.54, 1.807) is 0 Å². The SMILES string of the molecule is CCCOc1ccc(C(C)NC(C)C(C)CC)cc1. The van der Waals surface area contributed by atoms with Gasteiger partial charge in [0.2, 0.25) is 0 Å². The number of ether oxygens (including phenoxy) is 1. The highest BCUT2D eigenvalue weighted by atomic mass is 16.5. The van der Waals surface area contributed by atoms with Crippen LogP contribution in [-0.2, 0) is 0 Å². The van der Waals surface area contributed by atoms with E-state index >= 15 is 0 Å². The van der Waals surface area contributed by atoms with Crippen molar-refractivity contribution in [3.05, 3.63) is 29.8 Å². The lowest BCUT2D eigenvalue weighted by Crippen LogP contribution is -2.33. The Bertz CT molecular complexity index is 347. The van der Waals surface area contributed by atoms with Gasteiger partial charge in [0.25, 0.3) is 0 Å². The van der Waals surface area contributed by atoms with E-state index in [0.29, 0.717) is 18.0 Å². The van der Waals surface area contributed by atoms with Gasteiger partial charge < -0.3 is 10.1 Å². The van der Waals surface area contributed by atoms with Crippen LogP contribution in [0.5, 0.6) is 5.75 Å². The van der Waals surface area contributed by atoms with Crippen LogP contribution in [0, 0.1) is 5.92 Å². The van der Waals surface area contributed by atoms with E-state index in [9.17, 15) is 0 Å². The predicted octanol–water partition coefficient (Wildman–Crippen LogP) is 4.56. The lowest BCUT2D eigenvalue weighted by molar-refractivity contribution is 0.317. The summed E-state index contributed by atoms with van der Waals surface area (Å²) in [6.07, 6.45) is 2.26. The molecule has 0 aliphatic rings. The summed E-state index contributed by atoms with van der Waals surface area (Å²) in [5, 5.41) is 3.67. The Morgan fingerprint density at radius 2 is 1.68 bits per heavy atom. The van der Waals surface area contributed by atoms with Crippen molar-refractivity contribution in [3.63, 3.8) is 0 Å². The summed E-state index contributed by atoms with van der Waals surface area (Å²) < 4.78 is 5.61. The fourth-order valence-electron chi connectivity index (χ4n) is 2.08. The number of hydrogen-bond donors (Lipinski definition) is 1. The van der Waals surface area contributed by atoms with Gasteiger partial charge in [-0.1, -0.05) is 39.3 Å². The zero-order valence-corrected chi connectivity index (χ0v) is 13.1. The van der Waals surface area contributed by atoms with E-state index in [0.717, 1.165) is 18.8 Å². The average Bonchev–Trinajstić information content (AvgIpc) is 2.44. The average molecular weight is 263 g/mol. The smallest absolute Gasteiger partial charge is 0.119 e. The van der Waals surface area contributed by atoms with Gasteiger partial charge in [0.05, 0.1) is 6.61 Å². The van der Waals surface area contributed by atoms with Gasteiger partial charge in [-0.15, -0.1) is 0 Å². The summed E-state index contributed by atoms with van der Waals surface area (Å²) in [5.74, 6) is 1.67. The topological polar surface area (TPSA) is 21.3 Å². The van der Waals surface area contributed by atoms with Crippen molar-refractivity contribution in [1.29, 1.82) is 0 Å². The lowest BCUT2D eigenvalue weighted by Gasteiger charge is -2.25. The molecule has 0 saturated carbocycles. The van der Waals surface area contributed by atoms with Gasteiger partial charge in [0.15, 0.2) is 0 Å². The first-order valence-corrected chi connectivity index (χ1v) is 7.57. The van der Waals surface area contributed by atoms with Gasteiger partial charge in [-0.05, 0) is 43.9 Å². The molecule has 1 N–H and O–H groups in total. The van der Waals surface area contributed by atoms with Gasteiger partial charge in [0.1, 0.15) is 5.75 Å². The molecule has 0 fully saturated rings. The Labute approximate surface area is 118 Å². The molecule has 0 bridgehead atoms. The van der Waals surface area contributed by atoms with Crippen LogP contribution in [0.4, 0.5) is 0 Å². The van der Waals surface area contributed by atoms with Gasteiger partial charge in [-0.3, -0.25) is 0 Å². The Morgan fingerprint density at radius 1 is 1.05 bits per heavy atom. The highest BCUT2D eigenvalue weighted by molar-refractivity contribution is 5.29. The summed E-state index contributed by atoms with van der Waals surface area (Å²) in [7, 11) is 0.